The van der Waals surface area contributed by atoms with Crippen LogP contribution in [0.3, 0.4) is 0 Å². The summed E-state index contributed by atoms with van der Waals surface area (Å²) in [5, 5.41) is 13.7. The summed E-state index contributed by atoms with van der Waals surface area (Å²) in [6, 6.07) is 15.5. The Kier molecular flexibility index (Phi) is 8.16. The standard InChI is InChI=1S/C38H38N4O8/c1-47-24-10-11-26-29(17-24)40-30(28-12-8-22-6-2-3-7-27(22)39-28)19-33(26)50-25-18-31(35(43)41-38(37(45)46)14-4-5-15-38)42(20-25)36(44)23-9-13-32-34(16-23)49-21-48-32/h8-13,16-17,19,25,31H,2-7,14-15,18,20-21H2,1H3,(H,41,43)(H,45,46)/t25?,31-/m0/s1. The molecule has 2 amide bonds. The molecule has 2 aliphatic heterocycles. The van der Waals surface area contributed by atoms with Crippen molar-refractivity contribution in [2.75, 3.05) is 20.4 Å². The molecular weight excluding hydrogens is 640 g/mol. The first-order valence-electron chi connectivity index (χ1n) is 17.2. The van der Waals surface area contributed by atoms with Gasteiger partial charge in [0.25, 0.3) is 5.91 Å². The van der Waals surface area contributed by atoms with E-state index < -0.39 is 35.5 Å². The second-order valence-electron chi connectivity index (χ2n) is 13.5. The minimum atomic E-state index is -1.36. The van der Waals surface area contributed by atoms with Gasteiger partial charge in [-0.25, -0.2) is 9.78 Å². The predicted molar refractivity (Wildman–Crippen MR) is 182 cm³/mol. The summed E-state index contributed by atoms with van der Waals surface area (Å²) in [6.45, 7) is 0.154. The average molecular weight is 679 g/mol. The summed E-state index contributed by atoms with van der Waals surface area (Å²) in [5.74, 6) is 0.182. The third-order valence-corrected chi connectivity index (χ3v) is 10.4. The van der Waals surface area contributed by atoms with E-state index in [1.807, 2.05) is 30.3 Å². The Morgan fingerprint density at radius 1 is 0.920 bits per heavy atom. The first-order chi connectivity index (χ1) is 24.3. The number of fused-ring (bicyclic) bond motifs is 3. The quantitative estimate of drug-likeness (QED) is 0.258. The van der Waals surface area contributed by atoms with E-state index in [9.17, 15) is 19.5 Å². The van der Waals surface area contributed by atoms with Gasteiger partial charge in [-0.1, -0.05) is 18.9 Å². The molecular formula is C38H38N4O8. The number of carboxylic acids is 1. The van der Waals surface area contributed by atoms with Crippen LogP contribution in [-0.4, -0.2) is 75.9 Å². The van der Waals surface area contributed by atoms with Gasteiger partial charge >= 0.3 is 5.97 Å². The number of rotatable bonds is 8. The Hall–Kier alpha value is -5.39. The highest BCUT2D eigenvalue weighted by atomic mass is 16.7. The number of ether oxygens (including phenoxy) is 4. The molecule has 258 valence electrons. The van der Waals surface area contributed by atoms with E-state index in [1.165, 1.54) is 10.5 Å². The summed E-state index contributed by atoms with van der Waals surface area (Å²) >= 11 is 0. The minimum Gasteiger partial charge on any atom is -0.497 e. The Bertz CT molecular complexity index is 2010. The molecule has 4 heterocycles. The van der Waals surface area contributed by atoms with Gasteiger partial charge in [0.05, 0.1) is 30.6 Å². The van der Waals surface area contributed by atoms with E-state index in [2.05, 4.69) is 11.4 Å². The summed E-state index contributed by atoms with van der Waals surface area (Å²) in [4.78, 5) is 51.8. The smallest absolute Gasteiger partial charge is 0.329 e. The largest absolute Gasteiger partial charge is 0.497 e. The number of methoxy groups -OCH3 is 1. The second-order valence-corrected chi connectivity index (χ2v) is 13.5. The van der Waals surface area contributed by atoms with Crippen LogP contribution in [0.5, 0.6) is 23.0 Å². The molecule has 12 nitrogen and oxygen atoms in total. The molecule has 0 spiro atoms. The molecule has 2 aliphatic carbocycles. The maximum Gasteiger partial charge on any atom is 0.329 e. The zero-order valence-electron chi connectivity index (χ0n) is 27.8. The number of aryl methyl sites for hydroxylation is 2. The monoisotopic (exact) mass is 678 g/mol. The number of likely N-dealkylation sites (tertiary alicyclic amines) is 1. The molecule has 4 aromatic rings. The molecule has 1 saturated heterocycles. The Morgan fingerprint density at radius 2 is 1.74 bits per heavy atom. The van der Waals surface area contributed by atoms with Gasteiger partial charge in [0.15, 0.2) is 11.5 Å². The summed E-state index contributed by atoms with van der Waals surface area (Å²) in [6.07, 6.45) is 5.84. The minimum absolute atomic E-state index is 0.0592. The van der Waals surface area contributed by atoms with Gasteiger partial charge < -0.3 is 34.3 Å². The van der Waals surface area contributed by atoms with E-state index in [1.54, 1.807) is 25.3 Å². The first kappa shape index (κ1) is 31.9. The number of pyridine rings is 2. The topological polar surface area (TPSA) is 149 Å². The fourth-order valence-corrected chi connectivity index (χ4v) is 7.68. The normalized spacial score (nSPS) is 20.4. The molecule has 1 unspecified atom stereocenters. The first-order valence-corrected chi connectivity index (χ1v) is 17.2. The number of carboxylic acid groups (broad SMARTS) is 1. The molecule has 2 N–H and O–H groups in total. The van der Waals surface area contributed by atoms with Crippen molar-refractivity contribution < 1.29 is 38.4 Å². The van der Waals surface area contributed by atoms with Gasteiger partial charge in [-0.15, -0.1) is 0 Å². The number of carbonyl (C=O) groups is 3. The number of nitrogens with one attached hydrogen (secondary N) is 1. The van der Waals surface area contributed by atoms with Crippen LogP contribution in [0.4, 0.5) is 0 Å². The lowest BCUT2D eigenvalue weighted by molar-refractivity contribution is -0.148. The number of amides is 2. The molecule has 50 heavy (non-hydrogen) atoms. The van der Waals surface area contributed by atoms with Crippen LogP contribution in [0.2, 0.25) is 0 Å². The third-order valence-electron chi connectivity index (χ3n) is 10.4. The number of carbonyl (C=O) groups excluding carboxylic acids is 2. The molecule has 2 atom stereocenters. The molecule has 2 fully saturated rings. The van der Waals surface area contributed by atoms with Crippen LogP contribution in [0.25, 0.3) is 22.3 Å². The van der Waals surface area contributed by atoms with E-state index in [0.717, 1.165) is 42.5 Å². The maximum absolute atomic E-state index is 14.1. The van der Waals surface area contributed by atoms with Crippen molar-refractivity contribution in [1.29, 1.82) is 0 Å². The van der Waals surface area contributed by atoms with E-state index in [4.69, 9.17) is 28.9 Å². The highest BCUT2D eigenvalue weighted by Crippen LogP contribution is 2.37. The van der Waals surface area contributed by atoms with Crippen molar-refractivity contribution in [1.82, 2.24) is 20.2 Å². The fourth-order valence-electron chi connectivity index (χ4n) is 7.68. The Labute approximate surface area is 288 Å². The second kappa shape index (κ2) is 12.8. The van der Waals surface area contributed by atoms with Gasteiger partial charge in [0.1, 0.15) is 29.2 Å². The molecule has 8 rings (SSSR count). The van der Waals surface area contributed by atoms with Crippen LogP contribution in [-0.2, 0) is 22.4 Å². The number of hydrogen-bond donors (Lipinski definition) is 2. The van der Waals surface area contributed by atoms with Crippen molar-refractivity contribution >= 4 is 28.7 Å². The molecule has 2 aromatic carbocycles. The van der Waals surface area contributed by atoms with Crippen LogP contribution >= 0.6 is 0 Å². The summed E-state index contributed by atoms with van der Waals surface area (Å²) in [5.41, 5.74) is 3.35. The van der Waals surface area contributed by atoms with Crippen LogP contribution in [0, 0.1) is 0 Å². The SMILES string of the molecule is COc1ccc2c(OC3C[C@@H](C(=O)NC4(C(=O)O)CCCC4)N(C(=O)c4ccc5c(c4)OCO5)C3)cc(-c3ccc4c(n3)CCCC4)nc2c1. The third kappa shape index (κ3) is 5.82. The van der Waals surface area contributed by atoms with Crippen molar-refractivity contribution in [2.45, 2.75) is 75.5 Å². The lowest BCUT2D eigenvalue weighted by Crippen LogP contribution is -2.57. The molecule has 1 saturated carbocycles. The number of benzene rings is 2. The molecule has 2 aromatic heterocycles. The molecule has 12 heteroatoms. The number of nitrogens with zero attached hydrogens (tertiary/aromatic N) is 3. The molecule has 4 aliphatic rings. The zero-order valence-corrected chi connectivity index (χ0v) is 27.8. The highest BCUT2D eigenvalue weighted by Gasteiger charge is 2.47. The van der Waals surface area contributed by atoms with Gasteiger partial charge in [0, 0.05) is 35.2 Å². The predicted octanol–water partition coefficient (Wildman–Crippen LogP) is 5.09. The van der Waals surface area contributed by atoms with Gasteiger partial charge in [0.2, 0.25) is 12.7 Å². The highest BCUT2D eigenvalue weighted by molar-refractivity contribution is 5.99. The van der Waals surface area contributed by atoms with Crippen molar-refractivity contribution in [3.63, 3.8) is 0 Å². The Balaban J connectivity index is 1.14. The maximum atomic E-state index is 14.1. The zero-order chi connectivity index (χ0) is 34.4. The lowest BCUT2D eigenvalue weighted by atomic mass is 9.95. The molecule has 0 bridgehead atoms. The van der Waals surface area contributed by atoms with E-state index in [-0.39, 0.29) is 19.8 Å². The average Bonchev–Trinajstić information content (AvgIpc) is 3.91. The van der Waals surface area contributed by atoms with E-state index in [0.29, 0.717) is 65.5 Å². The van der Waals surface area contributed by atoms with E-state index >= 15 is 0 Å². The van der Waals surface area contributed by atoms with Gasteiger partial charge in [-0.3, -0.25) is 14.6 Å². The van der Waals surface area contributed by atoms with Crippen molar-refractivity contribution in [2.24, 2.45) is 0 Å². The van der Waals surface area contributed by atoms with Crippen molar-refractivity contribution in [3.05, 3.63) is 71.4 Å². The summed E-state index contributed by atoms with van der Waals surface area (Å²) < 4.78 is 23.1. The van der Waals surface area contributed by atoms with Crippen LogP contribution < -0.4 is 24.3 Å². The number of aliphatic carboxylic acids is 1. The summed E-state index contributed by atoms with van der Waals surface area (Å²) in [7, 11) is 1.60. The number of aromatic nitrogens is 2. The molecule has 0 radical (unpaired) electrons. The Morgan fingerprint density at radius 3 is 2.56 bits per heavy atom. The van der Waals surface area contributed by atoms with Crippen LogP contribution in [0.1, 0.15) is 66.6 Å². The van der Waals surface area contributed by atoms with Gasteiger partial charge in [-0.2, -0.15) is 0 Å². The number of hydrogen-bond acceptors (Lipinski definition) is 9. The van der Waals surface area contributed by atoms with Gasteiger partial charge in [-0.05, 0) is 80.5 Å². The van der Waals surface area contributed by atoms with Crippen molar-refractivity contribution in [3.8, 4) is 34.4 Å². The van der Waals surface area contributed by atoms with Crippen LogP contribution in [0.15, 0.2) is 54.6 Å². The lowest BCUT2D eigenvalue weighted by Gasteiger charge is -2.30. The fraction of sp³-hybridized carbons (Fsp3) is 0.395.